The standard InChI is InChI=1S/C14H12N4O2/c1-15-16-11-6-8-13(9-7-11)18-17-12-4-2-10(3-5-12)14(19)20/h2-9H,1H3,(H,19,20). The van der Waals surface area contributed by atoms with Gasteiger partial charge in [0.1, 0.15) is 0 Å². The molecule has 100 valence electrons. The fourth-order valence-electron chi connectivity index (χ4n) is 1.49. The Morgan fingerprint density at radius 3 is 1.60 bits per heavy atom. The van der Waals surface area contributed by atoms with Crippen LogP contribution in [-0.4, -0.2) is 18.1 Å². The smallest absolute Gasteiger partial charge is 0.335 e. The van der Waals surface area contributed by atoms with Crippen LogP contribution in [0.25, 0.3) is 0 Å². The average molecular weight is 268 g/mol. The zero-order chi connectivity index (χ0) is 14.4. The van der Waals surface area contributed by atoms with Crippen molar-refractivity contribution in [1.82, 2.24) is 0 Å². The fourth-order valence-corrected chi connectivity index (χ4v) is 1.49. The summed E-state index contributed by atoms with van der Waals surface area (Å²) in [6.45, 7) is 0. The van der Waals surface area contributed by atoms with Crippen molar-refractivity contribution in [1.29, 1.82) is 0 Å². The predicted molar refractivity (Wildman–Crippen MR) is 74.5 cm³/mol. The van der Waals surface area contributed by atoms with Crippen molar-refractivity contribution < 1.29 is 9.90 Å². The van der Waals surface area contributed by atoms with Crippen molar-refractivity contribution >= 4 is 23.0 Å². The van der Waals surface area contributed by atoms with Gasteiger partial charge in [0.15, 0.2) is 0 Å². The summed E-state index contributed by atoms with van der Waals surface area (Å²) in [6, 6.07) is 13.3. The third-order valence-electron chi connectivity index (χ3n) is 2.46. The molecule has 20 heavy (non-hydrogen) atoms. The minimum absolute atomic E-state index is 0.221. The van der Waals surface area contributed by atoms with Crippen LogP contribution in [0.4, 0.5) is 17.1 Å². The predicted octanol–water partition coefficient (Wildman–Crippen LogP) is 4.51. The molecule has 0 aliphatic rings. The first kappa shape index (κ1) is 13.5. The molecule has 0 spiro atoms. The molecule has 2 aromatic carbocycles. The molecule has 0 fully saturated rings. The Morgan fingerprint density at radius 2 is 1.20 bits per heavy atom. The van der Waals surface area contributed by atoms with Crippen LogP contribution in [0.3, 0.4) is 0 Å². The lowest BCUT2D eigenvalue weighted by Gasteiger charge is -1.96. The van der Waals surface area contributed by atoms with Crippen molar-refractivity contribution in [3.63, 3.8) is 0 Å². The molecular weight excluding hydrogens is 256 g/mol. The number of carbonyl (C=O) groups is 1. The molecular formula is C14H12N4O2. The topological polar surface area (TPSA) is 86.7 Å². The number of hydrogen-bond donors (Lipinski definition) is 1. The van der Waals surface area contributed by atoms with E-state index in [1.54, 1.807) is 43.4 Å². The Balaban J connectivity index is 2.10. The summed E-state index contributed by atoms with van der Waals surface area (Å²) in [5.41, 5.74) is 2.24. The maximum atomic E-state index is 10.7. The lowest BCUT2D eigenvalue weighted by Crippen LogP contribution is -1.93. The van der Waals surface area contributed by atoms with Crippen LogP contribution in [0, 0.1) is 0 Å². The van der Waals surface area contributed by atoms with E-state index in [0.717, 1.165) is 5.69 Å². The number of benzene rings is 2. The van der Waals surface area contributed by atoms with Crippen molar-refractivity contribution in [3.8, 4) is 0 Å². The number of rotatable bonds is 4. The van der Waals surface area contributed by atoms with Crippen LogP contribution in [0.15, 0.2) is 69.0 Å². The number of hydrogen-bond acceptors (Lipinski definition) is 5. The van der Waals surface area contributed by atoms with Crippen LogP contribution in [0.5, 0.6) is 0 Å². The van der Waals surface area contributed by atoms with Gasteiger partial charge in [-0.25, -0.2) is 4.79 Å². The average Bonchev–Trinajstić information content (AvgIpc) is 2.47. The molecule has 0 unspecified atom stereocenters. The molecule has 0 aromatic heterocycles. The molecule has 6 nitrogen and oxygen atoms in total. The van der Waals surface area contributed by atoms with Gasteiger partial charge in [-0.05, 0) is 48.5 Å². The Labute approximate surface area is 115 Å². The van der Waals surface area contributed by atoms with Crippen LogP contribution >= 0.6 is 0 Å². The highest BCUT2D eigenvalue weighted by atomic mass is 16.4. The number of aromatic carboxylic acids is 1. The molecule has 2 aromatic rings. The van der Waals surface area contributed by atoms with E-state index in [0.29, 0.717) is 11.4 Å². The first-order chi connectivity index (χ1) is 9.69. The summed E-state index contributed by atoms with van der Waals surface area (Å²) >= 11 is 0. The van der Waals surface area contributed by atoms with E-state index >= 15 is 0 Å². The minimum atomic E-state index is -0.964. The highest BCUT2D eigenvalue weighted by Crippen LogP contribution is 2.21. The molecule has 0 radical (unpaired) electrons. The first-order valence-corrected chi connectivity index (χ1v) is 5.84. The molecule has 0 amide bonds. The number of nitrogens with zero attached hydrogens (tertiary/aromatic N) is 4. The molecule has 0 heterocycles. The first-order valence-electron chi connectivity index (χ1n) is 5.84. The van der Waals surface area contributed by atoms with Crippen molar-refractivity contribution in [3.05, 3.63) is 54.1 Å². The number of carboxylic acid groups (broad SMARTS) is 1. The zero-order valence-corrected chi connectivity index (χ0v) is 10.8. The van der Waals surface area contributed by atoms with E-state index < -0.39 is 5.97 Å². The van der Waals surface area contributed by atoms with Gasteiger partial charge in [0.2, 0.25) is 0 Å². The third-order valence-corrected chi connectivity index (χ3v) is 2.46. The van der Waals surface area contributed by atoms with Gasteiger partial charge in [-0.1, -0.05) is 0 Å². The van der Waals surface area contributed by atoms with E-state index in [9.17, 15) is 4.79 Å². The lowest BCUT2D eigenvalue weighted by atomic mass is 10.2. The second-order valence-corrected chi connectivity index (χ2v) is 3.87. The van der Waals surface area contributed by atoms with Gasteiger partial charge in [0, 0.05) is 7.05 Å². The monoisotopic (exact) mass is 268 g/mol. The van der Waals surface area contributed by atoms with E-state index in [-0.39, 0.29) is 5.56 Å². The van der Waals surface area contributed by atoms with Crippen LogP contribution < -0.4 is 0 Å². The van der Waals surface area contributed by atoms with Crippen molar-refractivity contribution in [2.75, 3.05) is 7.05 Å². The van der Waals surface area contributed by atoms with E-state index in [4.69, 9.17) is 5.11 Å². The van der Waals surface area contributed by atoms with Gasteiger partial charge in [-0.2, -0.15) is 20.5 Å². The molecule has 0 aliphatic heterocycles. The normalized spacial score (nSPS) is 11.2. The van der Waals surface area contributed by atoms with Crippen molar-refractivity contribution in [2.24, 2.45) is 20.5 Å². The van der Waals surface area contributed by atoms with Crippen molar-refractivity contribution in [2.45, 2.75) is 0 Å². The summed E-state index contributed by atoms with van der Waals surface area (Å²) in [5.74, 6) is -0.964. The zero-order valence-electron chi connectivity index (χ0n) is 10.8. The summed E-state index contributed by atoms with van der Waals surface area (Å²) in [6.07, 6.45) is 0. The highest BCUT2D eigenvalue weighted by Gasteiger charge is 2.00. The van der Waals surface area contributed by atoms with Crippen LogP contribution in [0.2, 0.25) is 0 Å². The number of azo groups is 2. The van der Waals surface area contributed by atoms with Gasteiger partial charge < -0.3 is 5.11 Å². The Morgan fingerprint density at radius 1 is 0.800 bits per heavy atom. The summed E-state index contributed by atoms with van der Waals surface area (Å²) in [4.78, 5) is 10.7. The Kier molecular flexibility index (Phi) is 4.28. The van der Waals surface area contributed by atoms with Gasteiger partial charge in [-0.3, -0.25) is 0 Å². The van der Waals surface area contributed by atoms with E-state index in [1.807, 2.05) is 0 Å². The highest BCUT2D eigenvalue weighted by molar-refractivity contribution is 5.87. The quantitative estimate of drug-likeness (QED) is 0.826. The second kappa shape index (κ2) is 6.33. The SMILES string of the molecule is CN=Nc1ccc(N=Nc2ccc(C(=O)O)cc2)cc1. The van der Waals surface area contributed by atoms with Gasteiger partial charge in [-0.15, -0.1) is 0 Å². The van der Waals surface area contributed by atoms with E-state index in [1.165, 1.54) is 12.1 Å². The minimum Gasteiger partial charge on any atom is -0.478 e. The Bertz CT molecular complexity index is 646. The largest absolute Gasteiger partial charge is 0.478 e. The van der Waals surface area contributed by atoms with Crippen LogP contribution in [0.1, 0.15) is 10.4 Å². The molecule has 2 rings (SSSR count). The van der Waals surface area contributed by atoms with E-state index in [2.05, 4.69) is 20.5 Å². The third kappa shape index (κ3) is 3.55. The molecule has 0 saturated heterocycles. The van der Waals surface area contributed by atoms with Gasteiger partial charge in [0.05, 0.1) is 22.6 Å². The van der Waals surface area contributed by atoms with Crippen LogP contribution in [-0.2, 0) is 0 Å². The molecule has 1 N–H and O–H groups in total. The molecule has 0 aliphatic carbocycles. The summed E-state index contributed by atoms with van der Waals surface area (Å²) in [5, 5.41) is 24.4. The summed E-state index contributed by atoms with van der Waals surface area (Å²) < 4.78 is 0. The lowest BCUT2D eigenvalue weighted by molar-refractivity contribution is 0.0697. The van der Waals surface area contributed by atoms with Gasteiger partial charge in [0.25, 0.3) is 0 Å². The fraction of sp³-hybridized carbons (Fsp3) is 0.0714. The molecule has 0 atom stereocenters. The Hall–Kier alpha value is -2.89. The maximum absolute atomic E-state index is 10.7. The maximum Gasteiger partial charge on any atom is 0.335 e. The van der Waals surface area contributed by atoms with Gasteiger partial charge >= 0.3 is 5.97 Å². The molecule has 6 heteroatoms. The molecule has 0 bridgehead atoms. The molecule has 0 saturated carbocycles. The number of carboxylic acids is 1. The summed E-state index contributed by atoms with van der Waals surface area (Å²) in [7, 11) is 1.61. The second-order valence-electron chi connectivity index (χ2n) is 3.87.